The van der Waals surface area contributed by atoms with Gasteiger partial charge in [0.15, 0.2) is 11.6 Å². The van der Waals surface area contributed by atoms with Crippen LogP contribution in [0, 0.1) is 61.6 Å². The summed E-state index contributed by atoms with van der Waals surface area (Å²) in [5, 5.41) is 21.2. The molecule has 0 bridgehead atoms. The lowest BCUT2D eigenvalue weighted by molar-refractivity contribution is -0.188. The maximum Gasteiger partial charge on any atom is 0.309 e. The zero-order chi connectivity index (χ0) is 47.8. The van der Waals surface area contributed by atoms with Crippen LogP contribution < -0.4 is 0 Å². The number of fused-ring (bicyclic) bond motifs is 7. The van der Waals surface area contributed by atoms with Gasteiger partial charge in [-0.25, -0.2) is 0 Å². The van der Waals surface area contributed by atoms with E-state index in [0.717, 1.165) is 0 Å². The molecule has 0 spiro atoms. The molecule has 194 valence electrons. The molecule has 0 radical (unpaired) electrons. The molecule has 5 aliphatic rings. The summed E-state index contributed by atoms with van der Waals surface area (Å²) in [6.07, 6.45) is -14.9. The number of nitriles is 1. The number of rotatable bonds is 1. The zero-order valence-electron chi connectivity index (χ0n) is 44.0. The normalized spacial score (nSPS) is 62.2. The highest BCUT2D eigenvalue weighted by atomic mass is 16.4. The van der Waals surface area contributed by atoms with E-state index in [4.69, 9.17) is 34.3 Å². The van der Waals surface area contributed by atoms with E-state index < -0.39 is 172 Å². The molecular weight excluding hydrogens is 450 g/mol. The largest absolute Gasteiger partial charge is 0.481 e. The minimum absolute atomic E-state index is 0.216. The van der Waals surface area contributed by atoms with Gasteiger partial charge < -0.3 is 5.11 Å². The standard InChI is InChI=1S/C31H41NO4/c1-26(2)10-12-31(25(35)36)13-11-30(7)23(19(31)16-26)20(33)14-22-28(5)15-18(17-32)24(34)27(3,4)21(28)8-9-29(22,30)6/h14-15,19,21,23H,8-13,16H2,1-7H3,(H,35,36)/t19-,21-,23-,28-,29+,30+,31-/m0/s1/i1D3,2D3,3D3,4D3,5D3,6D3,7D3,10D2,12D2. The number of hydrogen-bond donors (Lipinski definition) is 1. The predicted molar refractivity (Wildman–Crippen MR) is 137 cm³/mol. The second-order valence-electron chi connectivity index (χ2n) is 10.8. The summed E-state index contributed by atoms with van der Waals surface area (Å²) in [4.78, 5) is 43.0. The van der Waals surface area contributed by atoms with E-state index in [-0.39, 0.29) is 6.08 Å². The third-order valence-corrected chi connectivity index (χ3v) is 9.12. The molecule has 0 amide bonds. The average molecular weight is 517 g/mol. The molecule has 5 nitrogen and oxygen atoms in total. The van der Waals surface area contributed by atoms with E-state index in [1.807, 2.05) is 0 Å². The smallest absolute Gasteiger partial charge is 0.309 e. The fourth-order valence-electron chi connectivity index (χ4n) is 7.33. The van der Waals surface area contributed by atoms with Crippen LogP contribution in [-0.2, 0) is 14.4 Å². The van der Waals surface area contributed by atoms with E-state index in [0.29, 0.717) is 6.08 Å². The summed E-state index contributed by atoms with van der Waals surface area (Å²) in [6.45, 7) is -28.1. The van der Waals surface area contributed by atoms with Crippen LogP contribution in [0.2, 0.25) is 0 Å². The number of nitrogens with zero attached hydrogens (tertiary/aromatic N) is 1. The molecule has 0 heterocycles. The summed E-state index contributed by atoms with van der Waals surface area (Å²) >= 11 is 0. The second-order valence-corrected chi connectivity index (χ2v) is 10.8. The van der Waals surface area contributed by atoms with Gasteiger partial charge in [0.1, 0.15) is 6.07 Å². The van der Waals surface area contributed by atoms with Crippen LogP contribution in [0.1, 0.15) is 127 Å². The van der Waals surface area contributed by atoms with E-state index in [9.17, 15) is 20.0 Å². The lowest BCUT2D eigenvalue weighted by atomic mass is 9.34. The highest BCUT2D eigenvalue weighted by Crippen LogP contribution is 2.74. The molecule has 0 aromatic rings. The Labute approximate surface area is 250 Å². The number of allylic oxidation sites excluding steroid dienone is 4. The first-order chi connectivity index (χ1) is 26.8. The second kappa shape index (κ2) is 7.21. The Morgan fingerprint density at radius 2 is 1.92 bits per heavy atom. The van der Waals surface area contributed by atoms with Crippen molar-refractivity contribution in [3.05, 3.63) is 23.3 Å². The predicted octanol–water partition coefficient (Wildman–Crippen LogP) is 6.29. The molecular formula is C31H41NO4. The average Bonchev–Trinajstić information content (AvgIpc) is 3.01. The van der Waals surface area contributed by atoms with Crippen LogP contribution in [0.15, 0.2) is 23.3 Å². The summed E-state index contributed by atoms with van der Waals surface area (Å²) in [5.41, 5.74) is -24.1. The highest BCUT2D eigenvalue weighted by Gasteiger charge is 2.70. The van der Waals surface area contributed by atoms with Crippen LogP contribution in [-0.4, -0.2) is 22.6 Å². The molecule has 0 aromatic heterocycles. The zero-order valence-corrected chi connectivity index (χ0v) is 19.0. The molecule has 0 saturated heterocycles. The van der Waals surface area contributed by atoms with Gasteiger partial charge in [0, 0.05) is 51.0 Å². The van der Waals surface area contributed by atoms with Crippen molar-refractivity contribution >= 4 is 17.5 Å². The van der Waals surface area contributed by atoms with Crippen molar-refractivity contribution in [1.82, 2.24) is 0 Å². The molecule has 5 heteroatoms. The molecule has 1 N–H and O–H groups in total. The highest BCUT2D eigenvalue weighted by molar-refractivity contribution is 6.04. The molecule has 7 atom stereocenters. The molecule has 36 heavy (non-hydrogen) atoms. The summed E-state index contributed by atoms with van der Waals surface area (Å²) in [7, 11) is 0. The Morgan fingerprint density at radius 3 is 2.53 bits per heavy atom. The van der Waals surface area contributed by atoms with E-state index in [1.54, 1.807) is 0 Å². The number of ketones is 2. The third kappa shape index (κ3) is 2.85. The van der Waals surface area contributed by atoms with Crippen molar-refractivity contribution in [3.8, 4) is 6.07 Å². The van der Waals surface area contributed by atoms with Crippen molar-refractivity contribution in [3.63, 3.8) is 0 Å². The van der Waals surface area contributed by atoms with Gasteiger partial charge >= 0.3 is 5.97 Å². The monoisotopic (exact) mass is 516 g/mol. The fourth-order valence-corrected chi connectivity index (χ4v) is 7.33. The quantitative estimate of drug-likeness (QED) is 0.442. The van der Waals surface area contributed by atoms with E-state index in [2.05, 4.69) is 0 Å². The van der Waals surface area contributed by atoms with Gasteiger partial charge in [-0.05, 0) is 79.0 Å². The minimum Gasteiger partial charge on any atom is -0.481 e. The van der Waals surface area contributed by atoms with Crippen molar-refractivity contribution in [1.29, 1.82) is 5.26 Å². The van der Waals surface area contributed by atoms with Crippen molar-refractivity contribution in [2.75, 3.05) is 0 Å². The number of carbonyl (C=O) groups is 3. The Balaban J connectivity index is 2.11. The molecule has 3 saturated carbocycles. The molecule has 0 aliphatic heterocycles. The van der Waals surface area contributed by atoms with Gasteiger partial charge in [-0.1, -0.05) is 59.6 Å². The fraction of sp³-hybridized carbons (Fsp3) is 0.742. The van der Waals surface area contributed by atoms with Gasteiger partial charge in [-0.2, -0.15) is 5.26 Å². The maximum absolute atomic E-state index is 15.3. The summed E-state index contributed by atoms with van der Waals surface area (Å²) < 4.78 is 219. The molecule has 5 rings (SSSR count). The lowest BCUT2D eigenvalue weighted by Crippen LogP contribution is -2.65. The Bertz CT molecular complexity index is 2010. The molecule has 0 unspecified atom stereocenters. The topological polar surface area (TPSA) is 95.2 Å². The van der Waals surface area contributed by atoms with Crippen LogP contribution >= 0.6 is 0 Å². The first kappa shape index (κ1) is 9.21. The summed E-state index contributed by atoms with van der Waals surface area (Å²) in [6, 6.07) is 1.29. The van der Waals surface area contributed by atoms with Gasteiger partial charge in [0.05, 0.1) is 11.0 Å². The number of carbonyl (C=O) groups excluding carboxylic acids is 2. The number of hydrogen-bond acceptors (Lipinski definition) is 4. The third-order valence-electron chi connectivity index (χ3n) is 9.12. The minimum atomic E-state index is -4.16. The SMILES string of the molecule is [2H]C([2H])([2H])C1(C([2H])([2H])[2H])C(=O)C(C#N)=C[C@]2(C([2H])([2H])[2H])C3=CC(=O)[C@@H]4[C@@H]5CC(C([2H])([2H])[2H])(C([2H])([2H])[2H])C([2H])([2H])C([2H])([2H])[C@]5(C(=O)O)CC[C@@]4(C([2H])([2H])[2H])[C@]3(C([2H])([2H])[2H])CC[C@@H]12. The van der Waals surface area contributed by atoms with E-state index >= 15 is 4.79 Å². The van der Waals surface area contributed by atoms with E-state index in [1.165, 1.54) is 6.07 Å². The Kier molecular flexibility index (Phi) is 1.84. The van der Waals surface area contributed by atoms with Crippen LogP contribution in [0.5, 0.6) is 0 Å². The van der Waals surface area contributed by atoms with Crippen LogP contribution in [0.3, 0.4) is 0 Å². The van der Waals surface area contributed by atoms with Crippen LogP contribution in [0.4, 0.5) is 0 Å². The van der Waals surface area contributed by atoms with Crippen LogP contribution in [0.25, 0.3) is 0 Å². The van der Waals surface area contributed by atoms with Crippen molar-refractivity contribution < 1.29 is 53.8 Å². The van der Waals surface area contributed by atoms with Gasteiger partial charge in [0.25, 0.3) is 0 Å². The first-order valence-electron chi connectivity index (χ1n) is 24.0. The number of carboxylic acids is 1. The Hall–Kier alpha value is -2.22. The summed E-state index contributed by atoms with van der Waals surface area (Å²) in [5.74, 6) is -14.0. The molecule has 0 aromatic carbocycles. The first-order valence-corrected chi connectivity index (χ1v) is 11.5. The molecule has 5 aliphatic carbocycles. The Morgan fingerprint density at radius 1 is 1.11 bits per heavy atom. The van der Waals surface area contributed by atoms with Gasteiger partial charge in [0.2, 0.25) is 0 Å². The van der Waals surface area contributed by atoms with Crippen molar-refractivity contribution in [2.24, 2.45) is 50.2 Å². The molecule has 3 fully saturated rings. The van der Waals surface area contributed by atoms with Crippen molar-refractivity contribution in [2.45, 2.75) is 92.8 Å². The van der Waals surface area contributed by atoms with Gasteiger partial charge in [-0.15, -0.1) is 0 Å². The lowest BCUT2D eigenvalue weighted by Gasteiger charge is -2.68. The van der Waals surface area contributed by atoms with Gasteiger partial charge in [-0.3, -0.25) is 14.4 Å². The maximum atomic E-state index is 15.3. The number of aliphatic carboxylic acids is 1. The number of carboxylic acid groups (broad SMARTS) is 1. The number of Topliss-reactive ketones (excluding diaryl/α,β-unsaturated/α-hetero) is 1.